The molecule has 19 heavy (non-hydrogen) atoms. The third kappa shape index (κ3) is 3.08. The van der Waals surface area contributed by atoms with Crippen LogP contribution in [0.5, 0.6) is 0 Å². The molecule has 0 saturated carbocycles. The quantitative estimate of drug-likeness (QED) is 0.704. The molecule has 0 bridgehead atoms. The van der Waals surface area contributed by atoms with Crippen LogP contribution in [0.25, 0.3) is 0 Å². The van der Waals surface area contributed by atoms with Crippen LogP contribution in [0.4, 0.5) is 10.1 Å². The topological polar surface area (TPSA) is 78.4 Å². The molecule has 1 atom stereocenters. The van der Waals surface area contributed by atoms with Gasteiger partial charge >= 0.3 is 0 Å². The minimum absolute atomic E-state index is 0.00672. The van der Waals surface area contributed by atoms with E-state index in [2.05, 4.69) is 10.6 Å². The molecule has 1 aromatic carbocycles. The van der Waals surface area contributed by atoms with Crippen LogP contribution in [0.2, 0.25) is 0 Å². The fourth-order valence-corrected chi connectivity index (χ4v) is 2.08. The molecule has 0 radical (unpaired) electrons. The fraction of sp³-hybridized carbons (Fsp3) is 0.385. The van der Waals surface area contributed by atoms with E-state index in [1.165, 1.54) is 18.2 Å². The Morgan fingerprint density at radius 3 is 3.05 bits per heavy atom. The molecule has 2 amide bonds. The van der Waals surface area contributed by atoms with Crippen LogP contribution in [0.1, 0.15) is 24.3 Å². The Bertz CT molecular complexity index is 505. The number of hydrogen-bond acceptors (Lipinski definition) is 3. The Morgan fingerprint density at radius 1 is 1.53 bits per heavy atom. The Morgan fingerprint density at radius 2 is 2.32 bits per heavy atom. The fourth-order valence-electron chi connectivity index (χ4n) is 2.08. The van der Waals surface area contributed by atoms with Crippen molar-refractivity contribution in [2.45, 2.75) is 18.8 Å². The van der Waals surface area contributed by atoms with Gasteiger partial charge in [0.15, 0.2) is 0 Å². The zero-order chi connectivity index (χ0) is 13.8. The summed E-state index contributed by atoms with van der Waals surface area (Å²) in [6, 6.07) is 3.99. The molecule has 2 rings (SSSR count). The maximum atomic E-state index is 13.1. The van der Waals surface area contributed by atoms with Crippen LogP contribution in [0.3, 0.4) is 0 Å². The summed E-state index contributed by atoms with van der Waals surface area (Å²) < 4.78 is 13.1. The monoisotopic (exact) mass is 266 g/mol. The zero-order valence-corrected chi connectivity index (χ0v) is 10.3. The number of fused-ring (bicyclic) bond motifs is 1. The van der Waals surface area contributed by atoms with Crippen molar-refractivity contribution in [3.8, 4) is 0 Å². The Kier molecular flexibility index (Phi) is 4.11. The number of rotatable bonds is 4. The SMILES string of the molecule is O=C1CC(C(=O)NCCCO)c2ccc(F)cc2N1. The van der Waals surface area contributed by atoms with Gasteiger partial charge in [-0.15, -0.1) is 0 Å². The first-order valence-electron chi connectivity index (χ1n) is 6.09. The lowest BCUT2D eigenvalue weighted by molar-refractivity contribution is -0.126. The van der Waals surface area contributed by atoms with Gasteiger partial charge in [-0.2, -0.15) is 0 Å². The smallest absolute Gasteiger partial charge is 0.228 e. The van der Waals surface area contributed by atoms with E-state index in [4.69, 9.17) is 5.11 Å². The van der Waals surface area contributed by atoms with Gasteiger partial charge in [-0.05, 0) is 24.1 Å². The predicted molar refractivity (Wildman–Crippen MR) is 67.1 cm³/mol. The third-order valence-corrected chi connectivity index (χ3v) is 3.00. The minimum Gasteiger partial charge on any atom is -0.396 e. The number of anilines is 1. The van der Waals surface area contributed by atoms with E-state index in [-0.39, 0.29) is 24.8 Å². The first kappa shape index (κ1) is 13.5. The number of carbonyl (C=O) groups excluding carboxylic acids is 2. The van der Waals surface area contributed by atoms with Gasteiger partial charge in [0.25, 0.3) is 0 Å². The summed E-state index contributed by atoms with van der Waals surface area (Å²) in [4.78, 5) is 23.5. The predicted octanol–water partition coefficient (Wildman–Crippen LogP) is 0.750. The Balaban J connectivity index is 2.18. The normalized spacial score (nSPS) is 17.6. The van der Waals surface area contributed by atoms with Gasteiger partial charge in [0, 0.05) is 25.3 Å². The number of aliphatic hydroxyl groups is 1. The van der Waals surface area contributed by atoms with Crippen LogP contribution < -0.4 is 10.6 Å². The molecular weight excluding hydrogens is 251 g/mol. The van der Waals surface area contributed by atoms with E-state index in [9.17, 15) is 14.0 Å². The molecule has 0 aromatic heterocycles. The summed E-state index contributed by atoms with van der Waals surface area (Å²) in [6.07, 6.45) is 0.504. The van der Waals surface area contributed by atoms with Gasteiger partial charge in [0.05, 0.1) is 5.92 Å². The highest BCUT2D eigenvalue weighted by atomic mass is 19.1. The van der Waals surface area contributed by atoms with E-state index >= 15 is 0 Å². The van der Waals surface area contributed by atoms with Crippen molar-refractivity contribution in [3.63, 3.8) is 0 Å². The molecule has 102 valence electrons. The minimum atomic E-state index is -0.608. The van der Waals surface area contributed by atoms with Crippen molar-refractivity contribution < 1.29 is 19.1 Å². The molecule has 1 unspecified atom stereocenters. The van der Waals surface area contributed by atoms with E-state index in [1.807, 2.05) is 0 Å². The summed E-state index contributed by atoms with van der Waals surface area (Å²) in [5.74, 6) is -1.65. The number of amides is 2. The van der Waals surface area contributed by atoms with Crippen molar-refractivity contribution in [1.29, 1.82) is 0 Å². The maximum absolute atomic E-state index is 13.1. The van der Waals surface area contributed by atoms with Crippen LogP contribution in [0.15, 0.2) is 18.2 Å². The number of benzene rings is 1. The Labute approximate surface area is 109 Å². The van der Waals surface area contributed by atoms with Crippen LogP contribution in [-0.4, -0.2) is 30.1 Å². The summed E-state index contributed by atoms with van der Waals surface area (Å²) in [5.41, 5.74) is 0.959. The van der Waals surface area contributed by atoms with Gasteiger partial charge in [-0.3, -0.25) is 9.59 Å². The van der Waals surface area contributed by atoms with Crippen molar-refractivity contribution in [3.05, 3.63) is 29.6 Å². The highest BCUT2D eigenvalue weighted by molar-refractivity contribution is 6.01. The lowest BCUT2D eigenvalue weighted by atomic mass is 9.89. The second-order valence-corrected chi connectivity index (χ2v) is 4.40. The number of aliphatic hydroxyl groups excluding tert-OH is 1. The van der Waals surface area contributed by atoms with Crippen molar-refractivity contribution in [2.24, 2.45) is 0 Å². The molecule has 1 aliphatic rings. The third-order valence-electron chi connectivity index (χ3n) is 3.00. The average Bonchev–Trinajstić information content (AvgIpc) is 2.37. The second-order valence-electron chi connectivity index (χ2n) is 4.40. The summed E-state index contributed by atoms with van der Waals surface area (Å²) >= 11 is 0. The van der Waals surface area contributed by atoms with Crippen LogP contribution in [0, 0.1) is 5.82 Å². The molecule has 0 saturated heterocycles. The van der Waals surface area contributed by atoms with Gasteiger partial charge in [0.1, 0.15) is 5.82 Å². The summed E-state index contributed by atoms with van der Waals surface area (Å²) in [6.45, 7) is 0.344. The largest absolute Gasteiger partial charge is 0.396 e. The van der Waals surface area contributed by atoms with E-state index in [0.29, 0.717) is 24.2 Å². The zero-order valence-electron chi connectivity index (χ0n) is 10.3. The molecule has 1 heterocycles. The van der Waals surface area contributed by atoms with Gasteiger partial charge in [-0.25, -0.2) is 4.39 Å². The van der Waals surface area contributed by atoms with Crippen molar-refractivity contribution in [1.82, 2.24) is 5.32 Å². The Hall–Kier alpha value is -1.95. The summed E-state index contributed by atoms with van der Waals surface area (Å²) in [7, 11) is 0. The number of halogens is 1. The lowest BCUT2D eigenvalue weighted by Gasteiger charge is -2.24. The van der Waals surface area contributed by atoms with E-state index in [1.54, 1.807) is 0 Å². The lowest BCUT2D eigenvalue weighted by Crippen LogP contribution is -2.35. The van der Waals surface area contributed by atoms with Crippen molar-refractivity contribution >= 4 is 17.5 Å². The number of carbonyl (C=O) groups is 2. The van der Waals surface area contributed by atoms with Gasteiger partial charge in [-0.1, -0.05) is 6.07 Å². The standard InChI is InChI=1S/C13H15FN2O3/c14-8-2-3-9-10(13(19)15-4-1-5-17)7-12(18)16-11(9)6-8/h2-3,6,10,17H,1,4-5,7H2,(H,15,19)(H,16,18). The van der Waals surface area contributed by atoms with Crippen LogP contribution in [-0.2, 0) is 9.59 Å². The molecule has 0 fully saturated rings. The maximum Gasteiger partial charge on any atom is 0.228 e. The molecule has 0 spiro atoms. The highest BCUT2D eigenvalue weighted by Gasteiger charge is 2.30. The van der Waals surface area contributed by atoms with Crippen molar-refractivity contribution in [2.75, 3.05) is 18.5 Å². The molecule has 5 nitrogen and oxygen atoms in total. The number of hydrogen-bond donors (Lipinski definition) is 3. The average molecular weight is 266 g/mol. The first-order chi connectivity index (χ1) is 9.11. The molecule has 6 heteroatoms. The van der Waals surface area contributed by atoms with Gasteiger partial charge < -0.3 is 15.7 Å². The molecule has 0 aliphatic carbocycles. The summed E-state index contributed by atoms with van der Waals surface area (Å²) in [5, 5.41) is 13.9. The highest BCUT2D eigenvalue weighted by Crippen LogP contribution is 2.32. The molecular formula is C13H15FN2O3. The first-order valence-corrected chi connectivity index (χ1v) is 6.09. The van der Waals surface area contributed by atoms with E-state index < -0.39 is 11.7 Å². The van der Waals surface area contributed by atoms with Gasteiger partial charge in [0.2, 0.25) is 11.8 Å². The van der Waals surface area contributed by atoms with Crippen LogP contribution >= 0.6 is 0 Å². The van der Waals surface area contributed by atoms with E-state index in [0.717, 1.165) is 0 Å². The molecule has 1 aliphatic heterocycles. The second kappa shape index (κ2) is 5.79. The molecule has 3 N–H and O–H groups in total. The molecule has 1 aromatic rings. The number of nitrogens with one attached hydrogen (secondary N) is 2.